The van der Waals surface area contributed by atoms with E-state index in [-0.39, 0.29) is 12.6 Å². The second-order valence-corrected chi connectivity index (χ2v) is 5.78. The van der Waals surface area contributed by atoms with Gasteiger partial charge in [0.15, 0.2) is 6.54 Å². The summed E-state index contributed by atoms with van der Waals surface area (Å²) in [5.41, 5.74) is 0. The Morgan fingerprint density at radius 1 is 1.28 bits per heavy atom. The van der Waals surface area contributed by atoms with Crippen LogP contribution in [0.15, 0.2) is 0 Å². The van der Waals surface area contributed by atoms with Gasteiger partial charge in [0.1, 0.15) is 0 Å². The zero-order valence-electron chi connectivity index (χ0n) is 11.4. The zero-order valence-corrected chi connectivity index (χ0v) is 11.4. The number of nitrogens with zero attached hydrogens (tertiary/aromatic N) is 1. The average molecular weight is 256 g/mol. The number of hydrogen-bond acceptors (Lipinski definition) is 3. The van der Waals surface area contributed by atoms with Crippen LogP contribution in [0, 0.1) is 5.92 Å². The number of aliphatic hydroxyl groups excluding tert-OH is 1. The first-order valence-electron chi connectivity index (χ1n) is 7.34. The van der Waals surface area contributed by atoms with Crippen LogP contribution in [0.1, 0.15) is 39.0 Å². The smallest absolute Gasteiger partial charge is 0.361 e. The van der Waals surface area contributed by atoms with Gasteiger partial charge >= 0.3 is 5.97 Å². The summed E-state index contributed by atoms with van der Waals surface area (Å²) in [5, 5.41) is 9.56. The molecule has 2 aliphatic heterocycles. The van der Waals surface area contributed by atoms with Gasteiger partial charge in [0.2, 0.25) is 0 Å². The Hall–Kier alpha value is -0.610. The highest BCUT2D eigenvalue weighted by molar-refractivity contribution is 5.70. The first kappa shape index (κ1) is 13.8. The van der Waals surface area contributed by atoms with Gasteiger partial charge < -0.3 is 14.3 Å². The highest BCUT2D eigenvalue weighted by atomic mass is 16.5. The van der Waals surface area contributed by atoms with Crippen LogP contribution in [0.25, 0.3) is 0 Å². The molecule has 2 saturated heterocycles. The molecule has 18 heavy (non-hydrogen) atoms. The van der Waals surface area contributed by atoms with E-state index in [4.69, 9.17) is 4.74 Å². The van der Waals surface area contributed by atoms with Crippen molar-refractivity contribution in [2.24, 2.45) is 5.92 Å². The molecule has 104 valence electrons. The summed E-state index contributed by atoms with van der Waals surface area (Å²) in [4.78, 5) is 11.9. The summed E-state index contributed by atoms with van der Waals surface area (Å²) >= 11 is 0. The van der Waals surface area contributed by atoms with Crippen molar-refractivity contribution in [2.45, 2.75) is 45.1 Å². The lowest BCUT2D eigenvalue weighted by Gasteiger charge is -2.52. The fourth-order valence-corrected chi connectivity index (χ4v) is 3.99. The molecule has 0 aromatic carbocycles. The molecule has 0 unspecified atom stereocenters. The van der Waals surface area contributed by atoms with Crippen molar-refractivity contribution in [3.05, 3.63) is 0 Å². The van der Waals surface area contributed by atoms with Gasteiger partial charge in [-0.15, -0.1) is 0 Å². The molecule has 2 aliphatic rings. The molecule has 2 rings (SSSR count). The first-order chi connectivity index (χ1) is 8.72. The number of esters is 1. The fourth-order valence-electron chi connectivity index (χ4n) is 3.99. The molecular formula is C14H26NO3+. The van der Waals surface area contributed by atoms with Gasteiger partial charge in [0.25, 0.3) is 0 Å². The van der Waals surface area contributed by atoms with E-state index in [9.17, 15) is 9.90 Å². The van der Waals surface area contributed by atoms with E-state index in [1.165, 1.54) is 12.8 Å². The minimum absolute atomic E-state index is 0.0667. The molecule has 4 heteroatoms. The molecule has 0 bridgehead atoms. The van der Waals surface area contributed by atoms with Gasteiger partial charge in [-0.2, -0.15) is 0 Å². The Bertz CT molecular complexity index is 291. The van der Waals surface area contributed by atoms with Crippen LogP contribution in [0.5, 0.6) is 0 Å². The Labute approximate surface area is 110 Å². The van der Waals surface area contributed by atoms with Gasteiger partial charge in [-0.25, -0.2) is 4.79 Å². The number of aliphatic hydroxyl groups is 1. The van der Waals surface area contributed by atoms with E-state index in [2.05, 4.69) is 0 Å². The number of hydrogen-bond donors (Lipinski definition) is 1. The van der Waals surface area contributed by atoms with Crippen LogP contribution < -0.4 is 0 Å². The molecule has 0 amide bonds. The van der Waals surface area contributed by atoms with Crippen molar-refractivity contribution in [3.63, 3.8) is 0 Å². The molecule has 1 N–H and O–H groups in total. The summed E-state index contributed by atoms with van der Waals surface area (Å²) in [6.07, 6.45) is 5.84. The monoisotopic (exact) mass is 256 g/mol. The van der Waals surface area contributed by atoms with Gasteiger partial charge in [-0.1, -0.05) is 0 Å². The van der Waals surface area contributed by atoms with E-state index in [0.717, 1.165) is 36.8 Å². The molecule has 0 spiro atoms. The summed E-state index contributed by atoms with van der Waals surface area (Å²) in [7, 11) is 0. The number of rotatable bonds is 4. The molecule has 2 fully saturated rings. The number of quaternary nitrogens is 1. The number of ether oxygens (including phenoxy) is 1. The summed E-state index contributed by atoms with van der Waals surface area (Å²) in [5.74, 6) is 0.316. The maximum atomic E-state index is 11.9. The van der Waals surface area contributed by atoms with E-state index in [1.807, 2.05) is 6.92 Å². The Kier molecular flexibility index (Phi) is 4.62. The first-order valence-corrected chi connectivity index (χ1v) is 7.34. The third-order valence-corrected chi connectivity index (χ3v) is 4.76. The average Bonchev–Trinajstić information content (AvgIpc) is 2.37. The number of fused-ring (bicyclic) bond motifs is 1. The normalized spacial score (nSPS) is 35.9. The predicted molar refractivity (Wildman–Crippen MR) is 68.9 cm³/mol. The molecule has 0 aromatic rings. The molecule has 4 nitrogen and oxygen atoms in total. The van der Waals surface area contributed by atoms with Crippen LogP contribution >= 0.6 is 0 Å². The molecule has 3 atom stereocenters. The third-order valence-electron chi connectivity index (χ3n) is 4.76. The highest BCUT2D eigenvalue weighted by Gasteiger charge is 2.47. The molecule has 0 aliphatic carbocycles. The zero-order chi connectivity index (χ0) is 13.0. The van der Waals surface area contributed by atoms with Crippen molar-refractivity contribution >= 4 is 5.97 Å². The summed E-state index contributed by atoms with van der Waals surface area (Å²) in [6, 6.07) is 0.474. The predicted octanol–water partition coefficient (Wildman–Crippen LogP) is 1.32. The quantitative estimate of drug-likeness (QED) is 0.609. The van der Waals surface area contributed by atoms with Gasteiger partial charge in [-0.05, 0) is 32.6 Å². The lowest BCUT2D eigenvalue weighted by molar-refractivity contribution is -0.958. The lowest BCUT2D eigenvalue weighted by atomic mass is 9.81. The number of carbonyl (C=O) groups is 1. The lowest BCUT2D eigenvalue weighted by Crippen LogP contribution is -2.65. The Balaban J connectivity index is 2.11. The summed E-state index contributed by atoms with van der Waals surface area (Å²) < 4.78 is 6.02. The van der Waals surface area contributed by atoms with Crippen molar-refractivity contribution in [3.8, 4) is 0 Å². The molecule has 0 radical (unpaired) electrons. The maximum Gasteiger partial charge on any atom is 0.361 e. The molecular weight excluding hydrogens is 230 g/mol. The van der Waals surface area contributed by atoms with Gasteiger partial charge in [0.05, 0.1) is 32.3 Å². The molecule has 2 heterocycles. The highest BCUT2D eigenvalue weighted by Crippen LogP contribution is 2.37. The van der Waals surface area contributed by atoms with E-state index < -0.39 is 0 Å². The SMILES string of the molecule is CCOC(=O)C[N@@+]12CCCC[C@@H]1[C@H](CO)CCC2. The Morgan fingerprint density at radius 3 is 2.78 bits per heavy atom. The minimum Gasteiger partial charge on any atom is -0.462 e. The van der Waals surface area contributed by atoms with Crippen LogP contribution in [-0.4, -0.2) is 54.4 Å². The topological polar surface area (TPSA) is 46.5 Å². The third kappa shape index (κ3) is 2.69. The standard InChI is InChI=1S/C14H26NO3/c1-2-18-14(17)10-15-8-4-3-7-13(15)12(11-16)6-5-9-15/h12-13,16H,2-11H2,1H3/q+1/t12-,13+,15-/m0/s1. The fraction of sp³-hybridized carbons (Fsp3) is 0.929. The number of piperidine rings is 2. The molecule has 0 aromatic heterocycles. The van der Waals surface area contributed by atoms with Gasteiger partial charge in [0, 0.05) is 12.3 Å². The largest absolute Gasteiger partial charge is 0.462 e. The van der Waals surface area contributed by atoms with Crippen molar-refractivity contribution in [2.75, 3.05) is 32.8 Å². The molecule has 0 saturated carbocycles. The van der Waals surface area contributed by atoms with Crippen molar-refractivity contribution in [1.29, 1.82) is 0 Å². The van der Waals surface area contributed by atoms with Crippen LogP contribution in [-0.2, 0) is 9.53 Å². The summed E-state index contributed by atoms with van der Waals surface area (Å²) in [6.45, 7) is 5.27. The second kappa shape index (κ2) is 6.02. The second-order valence-electron chi connectivity index (χ2n) is 5.78. The minimum atomic E-state index is -0.0667. The van der Waals surface area contributed by atoms with Crippen LogP contribution in [0.2, 0.25) is 0 Å². The van der Waals surface area contributed by atoms with Gasteiger partial charge in [-0.3, -0.25) is 0 Å². The number of carbonyl (C=O) groups excluding carboxylic acids is 1. The van der Waals surface area contributed by atoms with E-state index in [1.54, 1.807) is 0 Å². The maximum absolute atomic E-state index is 11.9. The van der Waals surface area contributed by atoms with E-state index in [0.29, 0.717) is 25.1 Å². The van der Waals surface area contributed by atoms with E-state index >= 15 is 0 Å². The Morgan fingerprint density at radius 2 is 2.06 bits per heavy atom. The van der Waals surface area contributed by atoms with Crippen LogP contribution in [0.3, 0.4) is 0 Å². The van der Waals surface area contributed by atoms with Crippen LogP contribution in [0.4, 0.5) is 0 Å². The van der Waals surface area contributed by atoms with Crippen molar-refractivity contribution < 1.29 is 19.1 Å². The van der Waals surface area contributed by atoms with Crippen molar-refractivity contribution in [1.82, 2.24) is 0 Å².